The maximum absolute atomic E-state index is 12.1. The van der Waals surface area contributed by atoms with Crippen LogP contribution in [0.2, 0.25) is 0 Å². The molecule has 0 saturated carbocycles. The summed E-state index contributed by atoms with van der Waals surface area (Å²) >= 11 is 1.43. The number of carbonyl (C=O) groups is 1. The molecule has 5 nitrogen and oxygen atoms in total. The topological polar surface area (TPSA) is 60.4 Å². The summed E-state index contributed by atoms with van der Waals surface area (Å²) < 4.78 is 7.75. The van der Waals surface area contributed by atoms with Gasteiger partial charge in [-0.2, -0.15) is 4.99 Å². The largest absolute Gasteiger partial charge is 0.351 e. The van der Waals surface area contributed by atoms with Crippen LogP contribution in [0.25, 0.3) is 10.2 Å². The van der Waals surface area contributed by atoms with Gasteiger partial charge in [-0.3, -0.25) is 4.79 Å². The molecule has 1 amide bonds. The summed E-state index contributed by atoms with van der Waals surface area (Å²) in [6.07, 6.45) is 6.86. The molecule has 3 aromatic rings. The first-order valence-corrected chi connectivity index (χ1v) is 7.45. The third-order valence-corrected chi connectivity index (χ3v) is 4.43. The van der Waals surface area contributed by atoms with Crippen molar-refractivity contribution >= 4 is 27.5 Å². The third kappa shape index (κ3) is 2.47. The Balaban J connectivity index is 2.23. The fourth-order valence-corrected chi connectivity index (χ4v) is 3.23. The van der Waals surface area contributed by atoms with E-state index in [4.69, 9.17) is 10.9 Å². The van der Waals surface area contributed by atoms with Crippen molar-refractivity contribution in [3.8, 4) is 12.3 Å². The molecular weight excluding hydrogens is 298 g/mol. The summed E-state index contributed by atoms with van der Waals surface area (Å²) in [5, 5.41) is 3.52. The molecule has 0 saturated heterocycles. The molecule has 1 aromatic carbocycles. The van der Waals surface area contributed by atoms with E-state index < -0.39 is 5.91 Å². The molecule has 2 heterocycles. The number of thiazole rings is 1. The predicted octanol–water partition coefficient (Wildman–Crippen LogP) is 2.68. The van der Waals surface area contributed by atoms with Crippen LogP contribution in [0.1, 0.15) is 21.7 Å². The molecule has 3 rings (SSSR count). The van der Waals surface area contributed by atoms with Gasteiger partial charge in [0, 0.05) is 6.07 Å². The predicted molar refractivity (Wildman–Crippen MR) is 84.5 cm³/mol. The molecule has 0 bridgehead atoms. The van der Waals surface area contributed by atoms with Crippen molar-refractivity contribution < 1.29 is 9.32 Å². The number of aryl methyl sites for hydroxylation is 2. The van der Waals surface area contributed by atoms with Crippen LogP contribution in [0.3, 0.4) is 0 Å². The van der Waals surface area contributed by atoms with Gasteiger partial charge in [0.15, 0.2) is 4.80 Å². The molecule has 0 fully saturated rings. The van der Waals surface area contributed by atoms with Crippen molar-refractivity contribution in [1.82, 2.24) is 9.72 Å². The number of fused-ring (bicyclic) bond motifs is 1. The van der Waals surface area contributed by atoms with Crippen molar-refractivity contribution in [3.05, 3.63) is 46.1 Å². The minimum Gasteiger partial charge on any atom is -0.351 e. The molecule has 0 aliphatic rings. The van der Waals surface area contributed by atoms with E-state index in [0.717, 1.165) is 10.2 Å². The van der Waals surface area contributed by atoms with Crippen LogP contribution < -0.4 is 4.80 Å². The van der Waals surface area contributed by atoms with E-state index in [-0.39, 0.29) is 5.76 Å². The molecule has 22 heavy (non-hydrogen) atoms. The zero-order valence-corrected chi connectivity index (χ0v) is 13.0. The normalized spacial score (nSPS) is 11.8. The Morgan fingerprint density at radius 2 is 2.23 bits per heavy atom. The van der Waals surface area contributed by atoms with E-state index >= 15 is 0 Å². The molecule has 0 N–H and O–H groups in total. The highest BCUT2D eigenvalue weighted by Crippen LogP contribution is 2.22. The Kier molecular flexibility index (Phi) is 3.65. The zero-order valence-electron chi connectivity index (χ0n) is 12.2. The van der Waals surface area contributed by atoms with Gasteiger partial charge in [-0.05, 0) is 37.1 Å². The first kappa shape index (κ1) is 14.3. The Bertz CT molecular complexity index is 956. The molecule has 0 aliphatic carbocycles. The molecule has 0 spiro atoms. The SMILES string of the molecule is C#CCn1c(=NC(=O)c2ccno2)sc2cc(C)c(C)cc21. The summed E-state index contributed by atoms with van der Waals surface area (Å²) in [6, 6.07) is 5.63. The molecule has 6 heteroatoms. The number of nitrogens with zero attached hydrogens (tertiary/aromatic N) is 3. The van der Waals surface area contributed by atoms with E-state index in [9.17, 15) is 4.79 Å². The fraction of sp³-hybridized carbons (Fsp3) is 0.188. The van der Waals surface area contributed by atoms with E-state index in [1.807, 2.05) is 11.5 Å². The number of aromatic nitrogens is 2. The molecule has 0 aliphatic heterocycles. The highest BCUT2D eigenvalue weighted by molar-refractivity contribution is 7.16. The average Bonchev–Trinajstić information content (AvgIpc) is 3.11. The van der Waals surface area contributed by atoms with Crippen LogP contribution in [-0.4, -0.2) is 15.6 Å². The number of carbonyl (C=O) groups excluding carboxylic acids is 1. The lowest BCUT2D eigenvalue weighted by Gasteiger charge is -2.03. The van der Waals surface area contributed by atoms with Gasteiger partial charge in [-0.25, -0.2) is 0 Å². The average molecular weight is 311 g/mol. The number of rotatable bonds is 2. The maximum Gasteiger partial charge on any atom is 0.318 e. The molecule has 0 unspecified atom stereocenters. The second-order valence-electron chi connectivity index (χ2n) is 4.87. The molecule has 2 aromatic heterocycles. The zero-order chi connectivity index (χ0) is 15.7. The van der Waals surface area contributed by atoms with Crippen molar-refractivity contribution in [2.75, 3.05) is 0 Å². The standard InChI is InChI=1S/C16H13N3O2S/c1-4-7-19-12-8-10(2)11(3)9-14(12)22-16(19)18-15(20)13-5-6-17-21-13/h1,5-6,8-9H,7H2,2-3H3. The van der Waals surface area contributed by atoms with Gasteiger partial charge in [0.1, 0.15) is 0 Å². The summed E-state index contributed by atoms with van der Waals surface area (Å²) in [6.45, 7) is 4.45. The third-order valence-electron chi connectivity index (χ3n) is 3.39. The molecule has 0 atom stereocenters. The number of amides is 1. The second kappa shape index (κ2) is 5.62. The summed E-state index contributed by atoms with van der Waals surface area (Å²) in [7, 11) is 0. The van der Waals surface area contributed by atoms with Crippen LogP contribution in [0.5, 0.6) is 0 Å². The van der Waals surface area contributed by atoms with Gasteiger partial charge < -0.3 is 9.09 Å². The number of hydrogen-bond acceptors (Lipinski definition) is 4. The molecule has 110 valence electrons. The van der Waals surface area contributed by atoms with Crippen LogP contribution in [0, 0.1) is 26.2 Å². The van der Waals surface area contributed by atoms with Gasteiger partial charge >= 0.3 is 5.91 Å². The maximum atomic E-state index is 12.1. The number of benzene rings is 1. The lowest BCUT2D eigenvalue weighted by molar-refractivity contribution is 0.0962. The van der Waals surface area contributed by atoms with Crippen LogP contribution in [0.15, 0.2) is 33.9 Å². The minimum atomic E-state index is -0.469. The van der Waals surface area contributed by atoms with E-state index in [1.165, 1.54) is 34.7 Å². The van der Waals surface area contributed by atoms with E-state index in [2.05, 4.69) is 35.1 Å². The van der Waals surface area contributed by atoms with Crippen molar-refractivity contribution in [3.63, 3.8) is 0 Å². The lowest BCUT2D eigenvalue weighted by atomic mass is 10.1. The second-order valence-corrected chi connectivity index (χ2v) is 5.88. The Morgan fingerprint density at radius 1 is 1.45 bits per heavy atom. The fourth-order valence-electron chi connectivity index (χ4n) is 2.12. The summed E-state index contributed by atoms with van der Waals surface area (Å²) in [4.78, 5) is 16.8. The van der Waals surface area contributed by atoms with E-state index in [1.54, 1.807) is 0 Å². The first-order chi connectivity index (χ1) is 10.6. The molecule has 0 radical (unpaired) electrons. The quantitative estimate of drug-likeness (QED) is 0.684. The number of terminal acetylenes is 1. The van der Waals surface area contributed by atoms with Crippen molar-refractivity contribution in [2.24, 2.45) is 4.99 Å². The van der Waals surface area contributed by atoms with Crippen LogP contribution >= 0.6 is 11.3 Å². The summed E-state index contributed by atoms with van der Waals surface area (Å²) in [5.74, 6) is 2.25. The highest BCUT2D eigenvalue weighted by Gasteiger charge is 2.12. The minimum absolute atomic E-state index is 0.108. The van der Waals surface area contributed by atoms with E-state index in [0.29, 0.717) is 11.3 Å². The first-order valence-electron chi connectivity index (χ1n) is 6.64. The highest BCUT2D eigenvalue weighted by atomic mass is 32.1. The Hall–Kier alpha value is -2.65. The summed E-state index contributed by atoms with van der Waals surface area (Å²) in [5.41, 5.74) is 3.34. The van der Waals surface area contributed by atoms with Gasteiger partial charge in [0.25, 0.3) is 0 Å². The number of hydrogen-bond donors (Lipinski definition) is 0. The van der Waals surface area contributed by atoms with Gasteiger partial charge in [-0.1, -0.05) is 22.4 Å². The lowest BCUT2D eigenvalue weighted by Crippen LogP contribution is -2.16. The Morgan fingerprint density at radius 3 is 2.91 bits per heavy atom. The Labute approximate surface area is 130 Å². The molecular formula is C16H13N3O2S. The van der Waals surface area contributed by atoms with Gasteiger partial charge in [0.05, 0.1) is 23.0 Å². The monoisotopic (exact) mass is 311 g/mol. The van der Waals surface area contributed by atoms with Crippen LogP contribution in [0.4, 0.5) is 0 Å². The van der Waals surface area contributed by atoms with Crippen LogP contribution in [-0.2, 0) is 6.54 Å². The van der Waals surface area contributed by atoms with Crippen molar-refractivity contribution in [2.45, 2.75) is 20.4 Å². The van der Waals surface area contributed by atoms with Gasteiger partial charge in [0.2, 0.25) is 5.76 Å². The van der Waals surface area contributed by atoms with Crippen molar-refractivity contribution in [1.29, 1.82) is 0 Å². The van der Waals surface area contributed by atoms with Gasteiger partial charge in [-0.15, -0.1) is 6.42 Å². The smallest absolute Gasteiger partial charge is 0.318 e.